The van der Waals surface area contributed by atoms with Crippen LogP contribution < -0.4 is 0 Å². The molecule has 0 aromatic heterocycles. The molecule has 0 heterocycles. The summed E-state index contributed by atoms with van der Waals surface area (Å²) < 4.78 is 13.4. The van der Waals surface area contributed by atoms with Crippen LogP contribution in [-0.2, 0) is 20.8 Å². The highest BCUT2D eigenvalue weighted by Gasteiger charge is 2.70. The third kappa shape index (κ3) is 2.44. The van der Waals surface area contributed by atoms with E-state index < -0.39 is 11.2 Å². The summed E-state index contributed by atoms with van der Waals surface area (Å²) in [7, 11) is 0. The van der Waals surface area contributed by atoms with E-state index in [1.807, 2.05) is 36.4 Å². The molecule has 1 aromatic rings. The quantitative estimate of drug-likeness (QED) is 0.648. The van der Waals surface area contributed by atoms with Crippen LogP contribution in [0.5, 0.6) is 0 Å². The van der Waals surface area contributed by atoms with Gasteiger partial charge in [0.1, 0.15) is 0 Å². The fourth-order valence-electron chi connectivity index (χ4n) is 8.08. The van der Waals surface area contributed by atoms with Gasteiger partial charge in [0.05, 0.1) is 0 Å². The number of carbonyl (C=O) groups excluding carboxylic acids is 2. The number of hydrogen-bond donors (Lipinski definition) is 0. The Bertz CT molecular complexity index is 954. The van der Waals surface area contributed by atoms with E-state index in [0.29, 0.717) is 41.8 Å². The van der Waals surface area contributed by atoms with E-state index >= 15 is 0 Å². The van der Waals surface area contributed by atoms with Crippen molar-refractivity contribution in [1.82, 2.24) is 0 Å². The molecule has 5 aliphatic rings. The van der Waals surface area contributed by atoms with Gasteiger partial charge in [-0.2, -0.15) is 0 Å². The van der Waals surface area contributed by atoms with E-state index in [1.54, 1.807) is 0 Å². The van der Waals surface area contributed by atoms with Crippen molar-refractivity contribution in [2.45, 2.75) is 62.5 Å². The Kier molecular flexibility index (Phi) is 4.07. The summed E-state index contributed by atoms with van der Waals surface area (Å²) in [6.45, 7) is 4.57. The molecule has 0 radical (unpaired) electrons. The minimum Gasteiger partial charge on any atom is -0.611 e. The Balaban J connectivity index is 1.36. The maximum absolute atomic E-state index is 13.6. The number of allylic oxidation sites excluding steroid dienone is 1. The van der Waals surface area contributed by atoms with E-state index in [4.69, 9.17) is 0 Å². The number of Topliss-reactive ketones (excluding diaryl/α,β-unsaturated/α-hetero) is 1. The van der Waals surface area contributed by atoms with Gasteiger partial charge in [-0.1, -0.05) is 37.6 Å². The van der Waals surface area contributed by atoms with Crippen LogP contribution in [0.1, 0.15) is 52.4 Å². The SMILES string of the molecule is C[C@]12CCC(=O)C=C1C1CC1[C@@H]1[C@@H]2CC[C@]2(C)C(=O)C([S+]([O-])c3ccccc3)C[C@@H]12. The molecule has 3 nitrogen and oxygen atoms in total. The first-order valence-corrected chi connectivity index (χ1v) is 12.8. The zero-order valence-corrected chi connectivity index (χ0v) is 18.6. The van der Waals surface area contributed by atoms with Gasteiger partial charge in [0.2, 0.25) is 0 Å². The Morgan fingerprint density at radius 2 is 1.77 bits per heavy atom. The van der Waals surface area contributed by atoms with Gasteiger partial charge in [-0.15, -0.1) is 0 Å². The second-order valence-electron chi connectivity index (χ2n) is 10.9. The molecule has 0 saturated heterocycles. The predicted molar refractivity (Wildman–Crippen MR) is 116 cm³/mol. The Hall–Kier alpha value is -1.39. The molecule has 0 aliphatic heterocycles. The summed E-state index contributed by atoms with van der Waals surface area (Å²) >= 11 is -1.27. The summed E-state index contributed by atoms with van der Waals surface area (Å²) in [6, 6.07) is 9.54. The lowest BCUT2D eigenvalue weighted by atomic mass is 9.47. The van der Waals surface area contributed by atoms with Crippen molar-refractivity contribution in [1.29, 1.82) is 0 Å². The van der Waals surface area contributed by atoms with E-state index in [2.05, 4.69) is 13.8 Å². The van der Waals surface area contributed by atoms with Crippen LogP contribution in [0.3, 0.4) is 0 Å². The van der Waals surface area contributed by atoms with E-state index in [-0.39, 0.29) is 21.9 Å². The van der Waals surface area contributed by atoms with Gasteiger partial charge < -0.3 is 4.55 Å². The van der Waals surface area contributed by atoms with Gasteiger partial charge >= 0.3 is 0 Å². The molecule has 4 unspecified atom stereocenters. The molecule has 0 bridgehead atoms. The van der Waals surface area contributed by atoms with Crippen LogP contribution >= 0.6 is 0 Å². The molecule has 9 atom stereocenters. The van der Waals surface area contributed by atoms with E-state index in [9.17, 15) is 14.1 Å². The number of carbonyl (C=O) groups is 2. The molecule has 0 spiro atoms. The second kappa shape index (κ2) is 6.32. The lowest BCUT2D eigenvalue weighted by molar-refractivity contribution is -0.132. The first-order chi connectivity index (χ1) is 14.3. The summed E-state index contributed by atoms with van der Waals surface area (Å²) in [5.74, 6) is 3.18. The number of fused-ring (bicyclic) bond motifs is 8. The van der Waals surface area contributed by atoms with Crippen LogP contribution in [-0.4, -0.2) is 21.4 Å². The second-order valence-corrected chi connectivity index (χ2v) is 12.6. The van der Waals surface area contributed by atoms with Crippen molar-refractivity contribution >= 4 is 22.7 Å². The first-order valence-electron chi connectivity index (χ1n) is 11.6. The van der Waals surface area contributed by atoms with Gasteiger partial charge in [-0.25, -0.2) is 0 Å². The number of benzene rings is 1. The summed E-state index contributed by atoms with van der Waals surface area (Å²) in [5.41, 5.74) is 1.23. The Morgan fingerprint density at radius 1 is 1.00 bits per heavy atom. The van der Waals surface area contributed by atoms with E-state index in [0.717, 1.165) is 30.6 Å². The maximum atomic E-state index is 13.6. The highest BCUT2D eigenvalue weighted by atomic mass is 32.2. The smallest absolute Gasteiger partial charge is 0.191 e. The molecule has 4 heteroatoms. The van der Waals surface area contributed by atoms with Crippen molar-refractivity contribution in [3.63, 3.8) is 0 Å². The molecular weight excluding hydrogens is 392 g/mol. The van der Waals surface area contributed by atoms with Gasteiger partial charge in [-0.3, -0.25) is 9.59 Å². The van der Waals surface area contributed by atoms with Crippen molar-refractivity contribution in [3.05, 3.63) is 42.0 Å². The van der Waals surface area contributed by atoms with Crippen LogP contribution in [0, 0.1) is 40.4 Å². The summed E-state index contributed by atoms with van der Waals surface area (Å²) in [4.78, 5) is 26.6. The molecule has 6 rings (SSSR count). The van der Waals surface area contributed by atoms with Crippen molar-refractivity contribution in [2.75, 3.05) is 0 Å². The minimum atomic E-state index is -1.27. The highest BCUT2D eigenvalue weighted by Crippen LogP contribution is 2.73. The third-order valence-corrected chi connectivity index (χ3v) is 11.4. The van der Waals surface area contributed by atoms with Crippen molar-refractivity contribution < 1.29 is 14.1 Å². The normalized spacial score (nSPS) is 47.5. The average molecular weight is 423 g/mol. The van der Waals surface area contributed by atoms with Gasteiger partial charge in [0.15, 0.2) is 21.7 Å². The average Bonchev–Trinajstić information content (AvgIpc) is 3.49. The first kappa shape index (κ1) is 19.3. The lowest BCUT2D eigenvalue weighted by Gasteiger charge is -2.56. The zero-order chi connectivity index (χ0) is 20.8. The molecule has 4 fully saturated rings. The van der Waals surface area contributed by atoms with Crippen molar-refractivity contribution in [2.24, 2.45) is 40.4 Å². The third-order valence-electron chi connectivity index (χ3n) is 9.70. The van der Waals surface area contributed by atoms with Gasteiger partial charge in [0, 0.05) is 18.3 Å². The van der Waals surface area contributed by atoms with Crippen LogP contribution in [0.4, 0.5) is 0 Å². The number of ketones is 2. The fraction of sp³-hybridized carbons (Fsp3) is 0.615. The molecule has 158 valence electrons. The zero-order valence-electron chi connectivity index (χ0n) is 17.8. The van der Waals surface area contributed by atoms with Gasteiger partial charge in [-0.05, 0) is 90.1 Å². The van der Waals surface area contributed by atoms with E-state index in [1.165, 1.54) is 12.0 Å². The topological polar surface area (TPSA) is 57.2 Å². The molecule has 30 heavy (non-hydrogen) atoms. The molecule has 0 N–H and O–H groups in total. The maximum Gasteiger partial charge on any atom is 0.191 e. The van der Waals surface area contributed by atoms with Crippen molar-refractivity contribution in [3.8, 4) is 0 Å². The summed E-state index contributed by atoms with van der Waals surface area (Å²) in [6.07, 6.45) is 7.57. The standard InChI is InChI=1S/C26H30O3S/c1-25-10-8-15(27)12-20(25)17-13-18(17)23-19(25)9-11-26(2)21(23)14-22(24(26)28)30(29)16-6-4-3-5-7-16/h3-7,12,17-19,21-23H,8-11,13-14H2,1-2H3/t17?,18?,19-,21-,22?,23+,25+,26-,30?/m0/s1. The Labute approximate surface area is 181 Å². The molecule has 0 amide bonds. The monoisotopic (exact) mass is 422 g/mol. The molecule has 5 aliphatic carbocycles. The number of hydrogen-bond acceptors (Lipinski definition) is 3. The Morgan fingerprint density at radius 3 is 2.53 bits per heavy atom. The van der Waals surface area contributed by atoms with Crippen LogP contribution in [0.25, 0.3) is 0 Å². The van der Waals surface area contributed by atoms with Crippen LogP contribution in [0.15, 0.2) is 46.9 Å². The van der Waals surface area contributed by atoms with Crippen LogP contribution in [0.2, 0.25) is 0 Å². The summed E-state index contributed by atoms with van der Waals surface area (Å²) in [5, 5.41) is -0.365. The minimum absolute atomic E-state index is 0.122. The predicted octanol–water partition coefficient (Wildman–Crippen LogP) is 4.73. The fourth-order valence-corrected chi connectivity index (χ4v) is 9.68. The molecular formula is C26H30O3S. The molecule has 4 saturated carbocycles. The molecule has 1 aromatic carbocycles. The number of rotatable bonds is 2. The largest absolute Gasteiger partial charge is 0.611 e. The lowest BCUT2D eigenvalue weighted by Crippen LogP contribution is -2.51. The van der Waals surface area contributed by atoms with Gasteiger partial charge in [0.25, 0.3) is 0 Å². The highest BCUT2D eigenvalue weighted by molar-refractivity contribution is 7.92.